The molecule has 41 heavy (non-hydrogen) atoms. The van der Waals surface area contributed by atoms with E-state index in [4.69, 9.17) is 19.2 Å². The first-order chi connectivity index (χ1) is 20.0. The van der Waals surface area contributed by atoms with Crippen molar-refractivity contribution in [1.82, 2.24) is 23.6 Å². The zero-order valence-corrected chi connectivity index (χ0v) is 23.6. The summed E-state index contributed by atoms with van der Waals surface area (Å²) < 4.78 is 47.9. The number of aromatic nitrogens is 4. The van der Waals surface area contributed by atoms with E-state index < -0.39 is 15.8 Å². The lowest BCUT2D eigenvalue weighted by atomic mass is 9.90. The molecule has 3 aromatic heterocycles. The highest BCUT2D eigenvalue weighted by atomic mass is 32.2. The van der Waals surface area contributed by atoms with Gasteiger partial charge in [-0.15, -0.1) is 0 Å². The van der Waals surface area contributed by atoms with Crippen LogP contribution in [0.15, 0.2) is 72.2 Å². The van der Waals surface area contributed by atoms with Crippen LogP contribution in [-0.4, -0.2) is 83.9 Å². The van der Waals surface area contributed by atoms with Crippen molar-refractivity contribution in [2.45, 2.75) is 36.5 Å². The summed E-state index contributed by atoms with van der Waals surface area (Å²) in [6.45, 7) is 6.23. The third kappa shape index (κ3) is 5.13. The fourth-order valence-corrected chi connectivity index (χ4v) is 7.24. The third-order valence-electron chi connectivity index (χ3n) is 8.22. The Morgan fingerprint density at radius 1 is 0.927 bits per heavy atom. The number of pyridine rings is 1. The standard InChI is InChI=1S/C30H33N5O5S/c36-41(37,26-4-2-1-3-5-26)35-22-28(25-20-32-34(21-25)11-10-33-12-14-38-15-13-33)27-18-24(19-31-29(27)35)23-6-8-30(9-7-23)39-16-17-40-30/h1-6,18-22H,7-17H2. The minimum Gasteiger partial charge on any atom is -0.379 e. The monoisotopic (exact) mass is 575 g/mol. The van der Waals surface area contributed by atoms with E-state index in [1.54, 1.807) is 48.9 Å². The largest absolute Gasteiger partial charge is 0.379 e. The highest BCUT2D eigenvalue weighted by Gasteiger charge is 2.38. The van der Waals surface area contributed by atoms with Crippen LogP contribution in [0.1, 0.15) is 24.8 Å². The van der Waals surface area contributed by atoms with E-state index in [1.807, 2.05) is 10.9 Å². The average molecular weight is 576 g/mol. The third-order valence-corrected chi connectivity index (χ3v) is 9.89. The van der Waals surface area contributed by atoms with Crippen LogP contribution >= 0.6 is 0 Å². The summed E-state index contributed by atoms with van der Waals surface area (Å²) in [6, 6.07) is 10.5. The highest BCUT2D eigenvalue weighted by Crippen LogP contribution is 2.40. The molecule has 0 atom stereocenters. The van der Waals surface area contributed by atoms with Crippen LogP contribution in [0.25, 0.3) is 27.7 Å². The van der Waals surface area contributed by atoms with Gasteiger partial charge in [-0.25, -0.2) is 17.4 Å². The van der Waals surface area contributed by atoms with E-state index in [0.29, 0.717) is 25.3 Å². The minimum atomic E-state index is -3.86. The summed E-state index contributed by atoms with van der Waals surface area (Å²) in [5.41, 5.74) is 4.16. The Bertz CT molecular complexity index is 1680. The molecule has 2 aliphatic heterocycles. The van der Waals surface area contributed by atoms with E-state index >= 15 is 0 Å². The summed E-state index contributed by atoms with van der Waals surface area (Å²) in [5, 5.41) is 5.37. The molecule has 4 aromatic rings. The Kier molecular flexibility index (Phi) is 7.00. The van der Waals surface area contributed by atoms with Gasteiger partial charge in [0.1, 0.15) is 0 Å². The van der Waals surface area contributed by atoms with Crippen molar-refractivity contribution in [2.24, 2.45) is 0 Å². The van der Waals surface area contributed by atoms with Gasteiger partial charge < -0.3 is 14.2 Å². The second-order valence-corrected chi connectivity index (χ2v) is 12.6. The van der Waals surface area contributed by atoms with Gasteiger partial charge in [-0.1, -0.05) is 24.3 Å². The molecule has 3 aliphatic rings. The predicted molar refractivity (Wildman–Crippen MR) is 154 cm³/mol. The number of ether oxygens (including phenoxy) is 3. The lowest BCUT2D eigenvalue weighted by Gasteiger charge is -2.30. The molecule has 10 nitrogen and oxygen atoms in total. The van der Waals surface area contributed by atoms with Gasteiger partial charge in [-0.05, 0) is 35.8 Å². The van der Waals surface area contributed by atoms with Crippen LogP contribution in [-0.2, 0) is 30.8 Å². The first kappa shape index (κ1) is 26.5. The van der Waals surface area contributed by atoms with Gasteiger partial charge in [0.25, 0.3) is 10.0 Å². The number of fused-ring (bicyclic) bond motifs is 1. The van der Waals surface area contributed by atoms with Gasteiger partial charge in [-0.3, -0.25) is 9.58 Å². The molecule has 1 aliphatic carbocycles. The molecule has 5 heterocycles. The normalized spacial score (nSPS) is 19.7. The lowest BCUT2D eigenvalue weighted by molar-refractivity contribution is -0.159. The van der Waals surface area contributed by atoms with Crippen LogP contribution < -0.4 is 0 Å². The van der Waals surface area contributed by atoms with Crippen molar-refractivity contribution in [2.75, 3.05) is 46.1 Å². The minimum absolute atomic E-state index is 0.215. The van der Waals surface area contributed by atoms with Crippen LogP contribution in [0, 0.1) is 0 Å². The van der Waals surface area contributed by atoms with Gasteiger partial charge >= 0.3 is 0 Å². The molecule has 0 unspecified atom stereocenters. The fraction of sp³-hybridized carbons (Fsp3) is 0.400. The summed E-state index contributed by atoms with van der Waals surface area (Å²) in [7, 11) is -3.86. The quantitative estimate of drug-likeness (QED) is 0.328. The van der Waals surface area contributed by atoms with E-state index in [1.165, 1.54) is 3.97 Å². The molecule has 0 N–H and O–H groups in total. The van der Waals surface area contributed by atoms with Crippen LogP contribution in [0.2, 0.25) is 0 Å². The summed E-state index contributed by atoms with van der Waals surface area (Å²) in [4.78, 5) is 7.30. The molecule has 0 bridgehead atoms. The van der Waals surface area contributed by atoms with Gasteiger partial charge in [-0.2, -0.15) is 5.10 Å². The maximum atomic E-state index is 13.8. The molecule has 0 saturated carbocycles. The zero-order valence-electron chi connectivity index (χ0n) is 22.8. The van der Waals surface area contributed by atoms with Crippen molar-refractivity contribution >= 4 is 26.6 Å². The zero-order chi connectivity index (χ0) is 27.9. The maximum absolute atomic E-state index is 13.8. The Hall–Kier alpha value is -3.35. The summed E-state index contributed by atoms with van der Waals surface area (Å²) >= 11 is 0. The first-order valence-electron chi connectivity index (χ1n) is 14.1. The van der Waals surface area contributed by atoms with Gasteiger partial charge in [0.05, 0.1) is 44.1 Å². The number of benzene rings is 1. The van der Waals surface area contributed by atoms with E-state index in [9.17, 15) is 8.42 Å². The number of allylic oxidation sites excluding steroid dienone is 1. The van der Waals surface area contributed by atoms with Crippen molar-refractivity contribution in [3.8, 4) is 11.1 Å². The summed E-state index contributed by atoms with van der Waals surface area (Å²) in [5.74, 6) is -0.505. The smallest absolute Gasteiger partial charge is 0.269 e. The second-order valence-electron chi connectivity index (χ2n) is 10.7. The van der Waals surface area contributed by atoms with E-state index in [0.717, 1.165) is 79.9 Å². The lowest BCUT2D eigenvalue weighted by Crippen LogP contribution is -2.38. The SMILES string of the molecule is O=S(=O)(c1ccccc1)n1cc(-c2cnn(CCN3CCOCC3)c2)c2cc(C3=CCC4(CC3)OCCO4)cnc21. The molecular formula is C30H33N5O5S. The maximum Gasteiger partial charge on any atom is 0.269 e. The topological polar surface area (TPSA) is 101 Å². The molecule has 214 valence electrons. The number of rotatable bonds is 7. The second kappa shape index (κ2) is 10.8. The van der Waals surface area contributed by atoms with Crippen molar-refractivity contribution < 1.29 is 22.6 Å². The molecule has 1 spiro atoms. The molecule has 2 saturated heterocycles. The Morgan fingerprint density at radius 3 is 2.49 bits per heavy atom. The highest BCUT2D eigenvalue weighted by molar-refractivity contribution is 7.90. The Labute approximate surface area is 239 Å². The Balaban J connectivity index is 1.26. The Morgan fingerprint density at radius 2 is 1.73 bits per heavy atom. The van der Waals surface area contributed by atoms with Crippen molar-refractivity contribution in [3.63, 3.8) is 0 Å². The fourth-order valence-electron chi connectivity index (χ4n) is 5.90. The first-order valence-corrected chi connectivity index (χ1v) is 15.6. The van der Waals surface area contributed by atoms with Crippen molar-refractivity contribution in [1.29, 1.82) is 0 Å². The van der Waals surface area contributed by atoms with Crippen molar-refractivity contribution in [3.05, 3.63) is 72.8 Å². The van der Waals surface area contributed by atoms with Gasteiger partial charge in [0, 0.05) is 67.6 Å². The average Bonchev–Trinajstić information content (AvgIpc) is 3.76. The van der Waals surface area contributed by atoms with Crippen LogP contribution in [0.4, 0.5) is 0 Å². The predicted octanol–water partition coefficient (Wildman–Crippen LogP) is 3.78. The molecule has 2 fully saturated rings. The molecule has 0 radical (unpaired) electrons. The number of hydrogen-bond donors (Lipinski definition) is 0. The number of hydrogen-bond acceptors (Lipinski definition) is 8. The van der Waals surface area contributed by atoms with E-state index in [2.05, 4.69) is 22.1 Å². The number of nitrogens with zero attached hydrogens (tertiary/aromatic N) is 5. The molecule has 0 amide bonds. The number of morpholine rings is 1. The summed E-state index contributed by atoms with van der Waals surface area (Å²) in [6.07, 6.45) is 11.7. The van der Waals surface area contributed by atoms with E-state index in [-0.39, 0.29) is 4.90 Å². The van der Waals surface area contributed by atoms with Crippen LogP contribution in [0.5, 0.6) is 0 Å². The molecule has 1 aromatic carbocycles. The molecule has 11 heteroatoms. The van der Waals surface area contributed by atoms with Gasteiger partial charge in [0.2, 0.25) is 0 Å². The molecular weight excluding hydrogens is 542 g/mol. The van der Waals surface area contributed by atoms with Gasteiger partial charge in [0.15, 0.2) is 11.4 Å². The molecule has 7 rings (SSSR count). The van der Waals surface area contributed by atoms with Crippen LogP contribution in [0.3, 0.4) is 0 Å².